The van der Waals surface area contributed by atoms with Crippen molar-refractivity contribution in [2.45, 2.75) is 141 Å². The third kappa shape index (κ3) is 5.21. The Morgan fingerprint density at radius 2 is 1.06 bits per heavy atom. The number of fused-ring (bicyclic) bond motifs is 3. The fraction of sp³-hybridized carbons (Fsp3) is 0.646. The Morgan fingerprint density at radius 3 is 1.43 bits per heavy atom. The van der Waals surface area contributed by atoms with Crippen LogP contribution in [0.25, 0.3) is 11.1 Å². The molecule has 8 bridgehead atoms. The first-order valence-electron chi connectivity index (χ1n) is 20.6. The second-order valence-electron chi connectivity index (χ2n) is 21.1. The van der Waals surface area contributed by atoms with Crippen LogP contribution >= 0.6 is 0 Å². The van der Waals surface area contributed by atoms with E-state index in [1.54, 1.807) is 50.1 Å². The molecule has 0 heterocycles. The number of rotatable bonds is 4. The third-order valence-electron chi connectivity index (χ3n) is 17.1. The monoisotopic (exact) mass is 795 g/mol. The van der Waals surface area contributed by atoms with Gasteiger partial charge in [-0.15, -0.1) is 12.5 Å². The summed E-state index contributed by atoms with van der Waals surface area (Å²) < 4.78 is 0. The fourth-order valence-corrected chi connectivity index (χ4v) is 15.7. The Labute approximate surface area is 341 Å². The van der Waals surface area contributed by atoms with Crippen LogP contribution in [0.15, 0.2) is 59.2 Å². The topological polar surface area (TPSA) is 0 Å². The second kappa shape index (κ2) is 12.4. The molecule has 0 nitrogen and oxygen atoms in total. The summed E-state index contributed by atoms with van der Waals surface area (Å²) in [4.78, 5) is 0. The van der Waals surface area contributed by atoms with Gasteiger partial charge in [0.25, 0.3) is 0 Å². The van der Waals surface area contributed by atoms with Gasteiger partial charge in [0.05, 0.1) is 0 Å². The number of halogens is 2. The van der Waals surface area contributed by atoms with Gasteiger partial charge >= 0.3 is 26.2 Å². The first-order valence-corrected chi connectivity index (χ1v) is 20.6. The van der Waals surface area contributed by atoms with Crippen molar-refractivity contribution < 1.29 is 51.0 Å². The summed E-state index contributed by atoms with van der Waals surface area (Å²) >= 11 is 0. The van der Waals surface area contributed by atoms with Crippen LogP contribution in [0.1, 0.15) is 153 Å². The van der Waals surface area contributed by atoms with Crippen LogP contribution in [0.4, 0.5) is 0 Å². The zero-order chi connectivity index (χ0) is 32.4. The zero-order valence-electron chi connectivity index (χ0n) is 31.9. The van der Waals surface area contributed by atoms with Gasteiger partial charge in [-0.3, -0.25) is 0 Å². The quantitative estimate of drug-likeness (QED) is 0.304. The van der Waals surface area contributed by atoms with Crippen molar-refractivity contribution in [2.24, 2.45) is 52.3 Å². The molecule has 3 heteroatoms. The molecule has 1 atom stereocenters. The van der Waals surface area contributed by atoms with E-state index in [0.29, 0.717) is 22.7 Å². The summed E-state index contributed by atoms with van der Waals surface area (Å²) in [7, 11) is 0. The van der Waals surface area contributed by atoms with Crippen LogP contribution in [-0.4, -0.2) is 0 Å². The molecule has 0 aliphatic heterocycles. The van der Waals surface area contributed by atoms with Crippen molar-refractivity contribution in [1.29, 1.82) is 0 Å². The molecule has 269 valence electrons. The Bertz CT molecular complexity index is 1640. The molecule has 0 saturated heterocycles. The summed E-state index contributed by atoms with van der Waals surface area (Å²) in [6.07, 6.45) is 25.7. The average Bonchev–Trinajstić information content (AvgIpc) is 3.70. The largest absolute Gasteiger partial charge is 3.00 e. The van der Waals surface area contributed by atoms with Crippen LogP contribution in [0, 0.1) is 58.7 Å². The van der Waals surface area contributed by atoms with Gasteiger partial charge in [0, 0.05) is 5.92 Å². The Hall–Kier alpha value is -0.747. The molecule has 51 heavy (non-hydrogen) atoms. The zero-order valence-corrected chi connectivity index (χ0v) is 35.9. The molecule has 13 rings (SSSR count). The summed E-state index contributed by atoms with van der Waals surface area (Å²) in [6.45, 7) is 12.4. The molecule has 11 aliphatic carbocycles. The minimum absolute atomic E-state index is 0. The maximum atomic E-state index is 2.82. The summed E-state index contributed by atoms with van der Waals surface area (Å²) in [5.74, 6) is 6.95. The van der Waals surface area contributed by atoms with Gasteiger partial charge in [0.2, 0.25) is 0 Å². The summed E-state index contributed by atoms with van der Waals surface area (Å²) in [5, 5.41) is 0. The minimum atomic E-state index is 0. The minimum Gasteiger partial charge on any atom is -1.00 e. The molecule has 8 saturated carbocycles. The van der Waals surface area contributed by atoms with Crippen molar-refractivity contribution in [2.75, 3.05) is 0 Å². The maximum Gasteiger partial charge on any atom is 3.00 e. The number of allylic oxidation sites excluding steroid dienone is 4. The number of benzene rings is 2. The van der Waals surface area contributed by atoms with Crippen molar-refractivity contribution in [3.05, 3.63) is 87.9 Å². The van der Waals surface area contributed by atoms with Gasteiger partial charge in [0.15, 0.2) is 0 Å². The van der Waals surface area contributed by atoms with Gasteiger partial charge in [-0.1, -0.05) is 87.9 Å². The van der Waals surface area contributed by atoms with Crippen molar-refractivity contribution >= 4 is 0 Å². The molecule has 1 unspecified atom stereocenters. The first-order chi connectivity index (χ1) is 23.0. The van der Waals surface area contributed by atoms with Gasteiger partial charge in [-0.05, 0) is 169 Å². The van der Waals surface area contributed by atoms with E-state index in [0.717, 1.165) is 41.9 Å². The average molecular weight is 798 g/mol. The molecule has 0 aromatic heterocycles. The number of hydrogen-bond donors (Lipinski definition) is 0. The smallest absolute Gasteiger partial charge is 1.00 e. The predicted octanol–water partition coefficient (Wildman–Crippen LogP) is 6.66. The Morgan fingerprint density at radius 1 is 0.647 bits per heavy atom. The van der Waals surface area contributed by atoms with Crippen LogP contribution in [0.2, 0.25) is 0 Å². The van der Waals surface area contributed by atoms with E-state index in [4.69, 9.17) is 0 Å². The van der Waals surface area contributed by atoms with E-state index in [1.807, 2.05) is 0 Å². The third-order valence-corrected chi connectivity index (χ3v) is 17.1. The Kier molecular flexibility index (Phi) is 9.03. The molecule has 1 radical (unpaired) electrons. The van der Waals surface area contributed by atoms with Crippen LogP contribution in [-0.2, 0) is 37.0 Å². The van der Waals surface area contributed by atoms with E-state index in [2.05, 4.69) is 83.5 Å². The molecular weight excluding hydrogens is 739 g/mol. The molecule has 2 aromatic carbocycles. The van der Waals surface area contributed by atoms with E-state index >= 15 is 0 Å². The fourth-order valence-electron chi connectivity index (χ4n) is 15.7. The van der Waals surface area contributed by atoms with Crippen molar-refractivity contribution in [3.63, 3.8) is 0 Å². The van der Waals surface area contributed by atoms with Gasteiger partial charge in [-0.25, -0.2) is 12.0 Å². The molecule has 8 fully saturated rings. The van der Waals surface area contributed by atoms with E-state index in [1.165, 1.54) is 83.5 Å². The number of hydrogen-bond acceptors (Lipinski definition) is 0. The molecular formula is C48H59Cl2Zr. The van der Waals surface area contributed by atoms with Crippen LogP contribution in [0.5, 0.6) is 0 Å². The van der Waals surface area contributed by atoms with Crippen molar-refractivity contribution in [1.82, 2.24) is 0 Å². The normalized spacial score (nSPS) is 40.3. The van der Waals surface area contributed by atoms with Gasteiger partial charge in [0.1, 0.15) is 0 Å². The summed E-state index contributed by atoms with van der Waals surface area (Å²) in [6, 6.07) is 16.4. The molecule has 11 aliphatic rings. The van der Waals surface area contributed by atoms with E-state index in [9.17, 15) is 0 Å². The van der Waals surface area contributed by atoms with Gasteiger partial charge < -0.3 is 24.8 Å². The molecule has 0 N–H and O–H groups in total. The van der Waals surface area contributed by atoms with Gasteiger partial charge in [-0.2, -0.15) is 5.57 Å². The molecule has 0 spiro atoms. The first kappa shape index (κ1) is 37.2. The van der Waals surface area contributed by atoms with E-state index in [-0.39, 0.29) is 61.8 Å². The SMILES string of the molecule is CC(C)C1(C2c3ccc(C45CC6CC(CC(C6)C4)C5)cc3-c3cc(C45CC6CC(CC(C6)C4)C5)ccc32)C[CH-]C2=C1C=C(C(C)(C)C)C2.[Cl-].[Cl-].[Zr+3]. The van der Waals surface area contributed by atoms with Crippen LogP contribution in [0.3, 0.4) is 0 Å². The Balaban J connectivity index is 0.00000125. The summed E-state index contributed by atoms with van der Waals surface area (Å²) in [5.41, 5.74) is 16.3. The maximum absolute atomic E-state index is 2.82. The van der Waals surface area contributed by atoms with Crippen molar-refractivity contribution in [3.8, 4) is 11.1 Å². The predicted molar refractivity (Wildman–Crippen MR) is 199 cm³/mol. The second-order valence-corrected chi connectivity index (χ2v) is 21.1. The van der Waals surface area contributed by atoms with Crippen LogP contribution < -0.4 is 24.8 Å². The van der Waals surface area contributed by atoms with E-state index < -0.39 is 0 Å². The molecule has 0 amide bonds. The standard InChI is InChI=1S/C48H59.2ClH.Zr/c1-28(2)48(11-10-35-18-38(21-43(35)48)45(3,4)5)44-39-8-6-36(46-22-29-12-30(23-46)14-31(13-29)24-46)19-41(39)42-20-37(7-9-40(42)44)47-25-32-15-33(26-47)17-34(16-32)27-47;;;/h6-10,19-21,28-34,44H,11-18,22-27H2,1-5H3;2*1H;/q-1;;;+3/p-2. The molecule has 2 aromatic rings.